The molecule has 0 spiro atoms. The fourth-order valence-electron chi connectivity index (χ4n) is 2.79. The van der Waals surface area contributed by atoms with Crippen molar-refractivity contribution in [3.63, 3.8) is 0 Å². The van der Waals surface area contributed by atoms with E-state index in [-0.39, 0.29) is 12.6 Å². The minimum Gasteiger partial charge on any atom is -0.475 e. The third-order valence-corrected chi connectivity index (χ3v) is 4.85. The molecule has 1 unspecified atom stereocenters. The molecule has 1 atom stereocenters. The fourth-order valence-corrected chi connectivity index (χ4v) is 3.06. The van der Waals surface area contributed by atoms with Crippen LogP contribution in [0, 0.1) is 0 Å². The summed E-state index contributed by atoms with van der Waals surface area (Å²) in [6, 6.07) is 7.06. The van der Waals surface area contributed by atoms with Gasteiger partial charge in [0.25, 0.3) is 0 Å². The zero-order valence-corrected chi connectivity index (χ0v) is 18.7. The van der Waals surface area contributed by atoms with Gasteiger partial charge in [-0.05, 0) is 37.2 Å². The highest BCUT2D eigenvalue weighted by atomic mass is 79.9. The highest BCUT2D eigenvalue weighted by molar-refractivity contribution is 9.10. The number of carbonyl (C=O) groups is 2. The summed E-state index contributed by atoms with van der Waals surface area (Å²) in [5, 5.41) is 22.7. The second-order valence-electron chi connectivity index (χ2n) is 6.94. The third-order valence-electron chi connectivity index (χ3n) is 4.32. The largest absolute Gasteiger partial charge is 0.490 e. The number of aliphatic hydroxyl groups is 1. The molecule has 8 nitrogen and oxygen atoms in total. The maximum absolute atomic E-state index is 11.8. The number of aliphatic carboxylic acids is 1. The molecule has 1 fully saturated rings. The van der Waals surface area contributed by atoms with Crippen LogP contribution in [0.25, 0.3) is 0 Å². The number of aliphatic hydroxyl groups excluding tert-OH is 1. The van der Waals surface area contributed by atoms with Gasteiger partial charge < -0.3 is 25.7 Å². The number of alkyl halides is 3. The van der Waals surface area contributed by atoms with Crippen molar-refractivity contribution in [3.05, 3.63) is 28.7 Å². The highest BCUT2D eigenvalue weighted by Crippen LogP contribution is 2.14. The number of hydrogen-bond acceptors (Lipinski definition) is 5. The number of carbonyl (C=O) groups excluding carboxylic acids is 1. The Bertz CT molecular complexity index is 684. The van der Waals surface area contributed by atoms with Gasteiger partial charge in [-0.15, -0.1) is 0 Å². The highest BCUT2D eigenvalue weighted by Gasteiger charge is 2.38. The van der Waals surface area contributed by atoms with Gasteiger partial charge in [0.1, 0.15) is 0 Å². The van der Waals surface area contributed by atoms with Crippen LogP contribution in [-0.4, -0.2) is 90.1 Å². The Morgan fingerprint density at radius 3 is 2.13 bits per heavy atom. The zero-order chi connectivity index (χ0) is 23.4. The summed E-state index contributed by atoms with van der Waals surface area (Å²) in [4.78, 5) is 25.4. The van der Waals surface area contributed by atoms with E-state index in [9.17, 15) is 23.1 Å². The maximum atomic E-state index is 11.8. The molecular formula is C19H28BrF3N4O4. The molecular weight excluding hydrogens is 485 g/mol. The lowest BCUT2D eigenvalue weighted by molar-refractivity contribution is -0.192. The summed E-state index contributed by atoms with van der Waals surface area (Å²) < 4.78 is 32.7. The number of β-amino-alcohol motifs (C(OH)–C–C–N with tert-alkyl or cyclic N) is 1. The second kappa shape index (κ2) is 13.5. The van der Waals surface area contributed by atoms with Crippen molar-refractivity contribution in [2.24, 2.45) is 0 Å². The van der Waals surface area contributed by atoms with Crippen LogP contribution in [0.2, 0.25) is 0 Å². The van der Waals surface area contributed by atoms with Crippen LogP contribution < -0.4 is 10.6 Å². The number of hydrogen-bond donors (Lipinski definition) is 4. The summed E-state index contributed by atoms with van der Waals surface area (Å²) in [5.41, 5.74) is 0.720. The van der Waals surface area contributed by atoms with Crippen LogP contribution in [0.15, 0.2) is 28.7 Å². The van der Waals surface area contributed by atoms with E-state index >= 15 is 0 Å². The number of carboxylic acids is 1. The Balaban J connectivity index is 0.000000592. The van der Waals surface area contributed by atoms with Crippen LogP contribution in [0.4, 0.5) is 23.7 Å². The standard InChI is InChI=1S/C17H27BrN4O2.C2HF3O2/c1-2-7-21-8-10-22(11-9-21)13-16(23)12-19-17(24)20-15-5-3-14(18)4-6-15;3-2(4,5)1(6)7/h3-6,16,23H,2,7-13H2,1H3,(H2,19,20,24);(H,6,7). The normalized spacial score (nSPS) is 16.1. The van der Waals surface area contributed by atoms with Gasteiger partial charge in [0.05, 0.1) is 6.10 Å². The van der Waals surface area contributed by atoms with Crippen molar-refractivity contribution in [1.29, 1.82) is 0 Å². The van der Waals surface area contributed by atoms with Gasteiger partial charge in [0, 0.05) is 49.4 Å². The van der Waals surface area contributed by atoms with E-state index < -0.39 is 18.2 Å². The first-order valence-corrected chi connectivity index (χ1v) is 10.5. The number of piperazine rings is 1. The fraction of sp³-hybridized carbons (Fsp3) is 0.579. The molecule has 12 heteroatoms. The lowest BCUT2D eigenvalue weighted by Gasteiger charge is -2.35. The van der Waals surface area contributed by atoms with Crippen molar-refractivity contribution in [3.8, 4) is 0 Å². The number of nitrogens with zero attached hydrogens (tertiary/aromatic N) is 2. The summed E-state index contributed by atoms with van der Waals surface area (Å²) in [6.45, 7) is 8.24. The summed E-state index contributed by atoms with van der Waals surface area (Å²) in [5.74, 6) is -2.76. The Hall–Kier alpha value is -1.89. The molecule has 0 saturated carbocycles. The molecule has 1 aromatic carbocycles. The molecule has 0 radical (unpaired) electrons. The monoisotopic (exact) mass is 512 g/mol. The van der Waals surface area contributed by atoms with Crippen LogP contribution in [-0.2, 0) is 4.79 Å². The SMILES string of the molecule is CCCN1CCN(CC(O)CNC(=O)Nc2ccc(Br)cc2)CC1.O=C(O)C(F)(F)F. The van der Waals surface area contributed by atoms with Gasteiger partial charge in [-0.2, -0.15) is 13.2 Å². The number of amides is 2. The molecule has 1 aliphatic rings. The Morgan fingerprint density at radius 1 is 1.13 bits per heavy atom. The lowest BCUT2D eigenvalue weighted by Crippen LogP contribution is -2.50. The number of urea groups is 1. The number of rotatable bonds is 7. The quantitative estimate of drug-likeness (QED) is 0.447. The van der Waals surface area contributed by atoms with Crippen molar-refractivity contribution < 1.29 is 33.0 Å². The Morgan fingerprint density at radius 2 is 1.65 bits per heavy atom. The van der Waals surface area contributed by atoms with E-state index in [1.54, 1.807) is 0 Å². The molecule has 1 heterocycles. The second-order valence-corrected chi connectivity index (χ2v) is 7.86. The number of anilines is 1. The average Bonchev–Trinajstić information content (AvgIpc) is 2.70. The van der Waals surface area contributed by atoms with Gasteiger partial charge in [-0.1, -0.05) is 22.9 Å². The number of nitrogens with one attached hydrogen (secondary N) is 2. The maximum Gasteiger partial charge on any atom is 0.490 e. The summed E-state index contributed by atoms with van der Waals surface area (Å²) >= 11 is 3.35. The Labute approximate surface area is 187 Å². The minimum absolute atomic E-state index is 0.248. The van der Waals surface area contributed by atoms with E-state index in [0.29, 0.717) is 6.54 Å². The van der Waals surface area contributed by atoms with Crippen LogP contribution in [0.1, 0.15) is 13.3 Å². The molecule has 1 aliphatic heterocycles. The average molecular weight is 513 g/mol. The van der Waals surface area contributed by atoms with Crippen LogP contribution in [0.5, 0.6) is 0 Å². The first-order chi connectivity index (χ1) is 14.5. The lowest BCUT2D eigenvalue weighted by atomic mass is 10.2. The number of benzene rings is 1. The van der Waals surface area contributed by atoms with E-state index in [1.807, 2.05) is 24.3 Å². The first-order valence-electron chi connectivity index (χ1n) is 9.74. The van der Waals surface area contributed by atoms with E-state index in [1.165, 1.54) is 6.42 Å². The van der Waals surface area contributed by atoms with Crippen molar-refractivity contribution in [1.82, 2.24) is 15.1 Å². The smallest absolute Gasteiger partial charge is 0.475 e. The molecule has 1 saturated heterocycles. The molecule has 2 amide bonds. The molecule has 0 aliphatic carbocycles. The van der Waals surface area contributed by atoms with Gasteiger partial charge in [0.15, 0.2) is 0 Å². The summed E-state index contributed by atoms with van der Waals surface area (Å²) in [6.07, 6.45) is -4.46. The first kappa shape index (κ1) is 27.1. The molecule has 0 bridgehead atoms. The predicted molar refractivity (Wildman–Crippen MR) is 114 cm³/mol. The van der Waals surface area contributed by atoms with E-state index in [4.69, 9.17) is 9.90 Å². The van der Waals surface area contributed by atoms with Crippen molar-refractivity contribution in [2.75, 3.05) is 51.1 Å². The zero-order valence-electron chi connectivity index (χ0n) is 17.2. The topological polar surface area (TPSA) is 105 Å². The summed E-state index contributed by atoms with van der Waals surface area (Å²) in [7, 11) is 0. The number of carboxylic acid groups (broad SMARTS) is 1. The molecule has 0 aromatic heterocycles. The molecule has 1 aromatic rings. The molecule has 4 N–H and O–H groups in total. The molecule has 31 heavy (non-hydrogen) atoms. The molecule has 2 rings (SSSR count). The third kappa shape index (κ3) is 11.9. The van der Waals surface area contributed by atoms with E-state index in [0.717, 1.165) is 42.9 Å². The van der Waals surface area contributed by atoms with Crippen molar-refractivity contribution in [2.45, 2.75) is 25.6 Å². The van der Waals surface area contributed by atoms with Gasteiger partial charge in [0.2, 0.25) is 0 Å². The number of halogens is 4. The van der Waals surface area contributed by atoms with Crippen LogP contribution >= 0.6 is 15.9 Å². The molecule has 176 valence electrons. The van der Waals surface area contributed by atoms with Gasteiger partial charge in [-0.3, -0.25) is 4.90 Å². The van der Waals surface area contributed by atoms with E-state index in [2.05, 4.69) is 43.3 Å². The van der Waals surface area contributed by atoms with Crippen LogP contribution in [0.3, 0.4) is 0 Å². The van der Waals surface area contributed by atoms with Gasteiger partial charge in [-0.25, -0.2) is 9.59 Å². The predicted octanol–water partition coefficient (Wildman–Crippen LogP) is 2.59. The minimum atomic E-state index is -5.08. The Kier molecular flexibility index (Phi) is 11.8. The van der Waals surface area contributed by atoms with Crippen molar-refractivity contribution >= 4 is 33.6 Å². The van der Waals surface area contributed by atoms with Gasteiger partial charge >= 0.3 is 18.2 Å².